The Balaban J connectivity index is 1.86. The fourth-order valence-electron chi connectivity index (χ4n) is 2.13. The molecule has 15 heavy (non-hydrogen) atoms. The molecule has 0 radical (unpaired) electrons. The number of aryl methyl sites for hydroxylation is 1. The Hall–Kier alpha value is -0.380. The number of aliphatic hydroxyl groups is 1. The summed E-state index contributed by atoms with van der Waals surface area (Å²) in [5.74, 6) is 0. The predicted molar refractivity (Wildman–Crippen MR) is 64.6 cm³/mol. The highest BCUT2D eigenvalue weighted by molar-refractivity contribution is 9.10. The molecule has 3 heteroatoms. The molecule has 0 saturated heterocycles. The molecule has 0 spiro atoms. The van der Waals surface area contributed by atoms with Crippen molar-refractivity contribution in [2.45, 2.75) is 37.3 Å². The van der Waals surface area contributed by atoms with Gasteiger partial charge in [0.15, 0.2) is 0 Å². The molecule has 3 N–H and O–H groups in total. The van der Waals surface area contributed by atoms with Crippen LogP contribution in [0.2, 0.25) is 0 Å². The lowest BCUT2D eigenvalue weighted by atomic mass is 9.72. The Morgan fingerprint density at radius 2 is 1.93 bits per heavy atom. The molecule has 1 aliphatic carbocycles. The average molecular weight is 270 g/mol. The summed E-state index contributed by atoms with van der Waals surface area (Å²) in [7, 11) is 0. The molecule has 1 fully saturated rings. The fourth-order valence-corrected chi connectivity index (χ4v) is 2.39. The van der Waals surface area contributed by atoms with Crippen LogP contribution in [0.4, 0.5) is 0 Å². The van der Waals surface area contributed by atoms with Gasteiger partial charge in [0.25, 0.3) is 0 Å². The van der Waals surface area contributed by atoms with Crippen molar-refractivity contribution in [2.24, 2.45) is 5.73 Å². The highest BCUT2D eigenvalue weighted by atomic mass is 79.9. The number of nitrogens with two attached hydrogens (primary N) is 1. The second kappa shape index (κ2) is 4.24. The van der Waals surface area contributed by atoms with E-state index in [1.54, 1.807) is 0 Å². The van der Waals surface area contributed by atoms with Crippen LogP contribution in [0.15, 0.2) is 28.7 Å². The first-order valence-electron chi connectivity index (χ1n) is 5.29. The first-order valence-corrected chi connectivity index (χ1v) is 6.08. The van der Waals surface area contributed by atoms with E-state index in [-0.39, 0.29) is 11.6 Å². The molecule has 82 valence electrons. The number of hydrogen-bond donors (Lipinski definition) is 2. The van der Waals surface area contributed by atoms with Gasteiger partial charge in [-0.3, -0.25) is 0 Å². The third kappa shape index (κ3) is 2.80. The van der Waals surface area contributed by atoms with Crippen LogP contribution >= 0.6 is 15.9 Å². The molecule has 1 aromatic carbocycles. The fraction of sp³-hybridized carbons (Fsp3) is 0.500. The van der Waals surface area contributed by atoms with Gasteiger partial charge in [0, 0.05) is 10.0 Å². The van der Waals surface area contributed by atoms with Crippen LogP contribution in [-0.2, 0) is 6.42 Å². The van der Waals surface area contributed by atoms with E-state index in [0.717, 1.165) is 30.2 Å². The third-order valence-corrected chi connectivity index (χ3v) is 3.64. The smallest absolute Gasteiger partial charge is 0.0575 e. The summed E-state index contributed by atoms with van der Waals surface area (Å²) in [6.07, 6.45) is 3.30. The standard InChI is InChI=1S/C12H16BrNO/c13-10-3-1-9(2-4-10)5-6-12(14)7-11(15)8-12/h1-4,11,15H,5-8,14H2. The van der Waals surface area contributed by atoms with Crippen LogP contribution in [0, 0.1) is 0 Å². The number of halogens is 1. The topological polar surface area (TPSA) is 46.2 Å². The third-order valence-electron chi connectivity index (χ3n) is 3.11. The molecule has 0 amide bonds. The van der Waals surface area contributed by atoms with Gasteiger partial charge in [0.1, 0.15) is 0 Å². The summed E-state index contributed by atoms with van der Waals surface area (Å²) >= 11 is 3.41. The van der Waals surface area contributed by atoms with Crippen LogP contribution in [-0.4, -0.2) is 16.7 Å². The van der Waals surface area contributed by atoms with Gasteiger partial charge in [-0.05, 0) is 43.4 Å². The lowest BCUT2D eigenvalue weighted by Crippen LogP contribution is -2.54. The number of rotatable bonds is 3. The van der Waals surface area contributed by atoms with Gasteiger partial charge in [-0.15, -0.1) is 0 Å². The number of benzene rings is 1. The van der Waals surface area contributed by atoms with E-state index in [4.69, 9.17) is 5.73 Å². The van der Waals surface area contributed by atoms with Crippen molar-refractivity contribution in [1.82, 2.24) is 0 Å². The molecule has 0 heterocycles. The Morgan fingerprint density at radius 1 is 1.33 bits per heavy atom. The van der Waals surface area contributed by atoms with Gasteiger partial charge in [-0.2, -0.15) is 0 Å². The monoisotopic (exact) mass is 269 g/mol. The van der Waals surface area contributed by atoms with Crippen molar-refractivity contribution in [3.8, 4) is 0 Å². The second-order valence-electron chi connectivity index (χ2n) is 4.55. The highest BCUT2D eigenvalue weighted by Gasteiger charge is 2.39. The van der Waals surface area contributed by atoms with Gasteiger partial charge in [-0.25, -0.2) is 0 Å². The molecule has 0 aromatic heterocycles. The Morgan fingerprint density at radius 3 is 2.47 bits per heavy atom. The summed E-state index contributed by atoms with van der Waals surface area (Å²) in [5.41, 5.74) is 7.29. The maximum absolute atomic E-state index is 9.23. The van der Waals surface area contributed by atoms with E-state index < -0.39 is 0 Å². The lowest BCUT2D eigenvalue weighted by Gasteiger charge is -2.42. The Kier molecular flexibility index (Phi) is 3.14. The molecule has 1 aromatic rings. The first-order chi connectivity index (χ1) is 7.07. The lowest BCUT2D eigenvalue weighted by molar-refractivity contribution is 0.0189. The zero-order valence-electron chi connectivity index (χ0n) is 8.62. The molecule has 1 saturated carbocycles. The molecule has 0 aliphatic heterocycles. The summed E-state index contributed by atoms with van der Waals surface area (Å²) in [5, 5.41) is 9.23. The minimum absolute atomic E-state index is 0.119. The van der Waals surface area contributed by atoms with Crippen LogP contribution in [0.5, 0.6) is 0 Å². The highest BCUT2D eigenvalue weighted by Crippen LogP contribution is 2.33. The summed E-state index contributed by atoms with van der Waals surface area (Å²) < 4.78 is 1.10. The van der Waals surface area contributed by atoms with Crippen LogP contribution in [0.3, 0.4) is 0 Å². The quantitative estimate of drug-likeness (QED) is 0.884. The van der Waals surface area contributed by atoms with Crippen molar-refractivity contribution in [3.05, 3.63) is 34.3 Å². The predicted octanol–water partition coefficient (Wildman–Crippen LogP) is 2.23. The van der Waals surface area contributed by atoms with Crippen molar-refractivity contribution in [1.29, 1.82) is 0 Å². The van der Waals surface area contributed by atoms with E-state index in [1.165, 1.54) is 5.56 Å². The van der Waals surface area contributed by atoms with Gasteiger partial charge in [-0.1, -0.05) is 28.1 Å². The molecule has 0 atom stereocenters. The zero-order chi connectivity index (χ0) is 10.9. The van der Waals surface area contributed by atoms with Crippen molar-refractivity contribution in [2.75, 3.05) is 0 Å². The van der Waals surface area contributed by atoms with E-state index in [1.807, 2.05) is 12.1 Å². The molecule has 0 bridgehead atoms. The Bertz CT molecular complexity index is 330. The average Bonchev–Trinajstić information content (AvgIpc) is 2.15. The maximum atomic E-state index is 9.23. The number of hydrogen-bond acceptors (Lipinski definition) is 2. The van der Waals surface area contributed by atoms with Gasteiger partial charge < -0.3 is 10.8 Å². The number of aliphatic hydroxyl groups excluding tert-OH is 1. The van der Waals surface area contributed by atoms with Crippen LogP contribution in [0.1, 0.15) is 24.8 Å². The van der Waals surface area contributed by atoms with Crippen molar-refractivity contribution < 1.29 is 5.11 Å². The minimum Gasteiger partial charge on any atom is -0.393 e. The van der Waals surface area contributed by atoms with E-state index in [9.17, 15) is 5.11 Å². The molecule has 2 nitrogen and oxygen atoms in total. The van der Waals surface area contributed by atoms with Crippen molar-refractivity contribution in [3.63, 3.8) is 0 Å². The van der Waals surface area contributed by atoms with E-state index in [2.05, 4.69) is 28.1 Å². The van der Waals surface area contributed by atoms with Gasteiger partial charge in [0.2, 0.25) is 0 Å². The summed E-state index contributed by atoms with van der Waals surface area (Å²) in [6.45, 7) is 0. The maximum Gasteiger partial charge on any atom is 0.0575 e. The van der Waals surface area contributed by atoms with E-state index >= 15 is 0 Å². The van der Waals surface area contributed by atoms with Crippen LogP contribution < -0.4 is 5.73 Å². The molecule has 2 rings (SSSR count). The second-order valence-corrected chi connectivity index (χ2v) is 5.47. The van der Waals surface area contributed by atoms with Crippen LogP contribution in [0.25, 0.3) is 0 Å². The molecular weight excluding hydrogens is 254 g/mol. The van der Waals surface area contributed by atoms with Gasteiger partial charge in [0.05, 0.1) is 6.10 Å². The van der Waals surface area contributed by atoms with E-state index in [0.29, 0.717) is 0 Å². The molecule has 0 unspecified atom stereocenters. The Labute approximate surface area is 98.6 Å². The normalized spacial score (nSPS) is 29.9. The summed E-state index contributed by atoms with van der Waals surface area (Å²) in [4.78, 5) is 0. The summed E-state index contributed by atoms with van der Waals surface area (Å²) in [6, 6.07) is 8.33. The zero-order valence-corrected chi connectivity index (χ0v) is 10.2. The largest absolute Gasteiger partial charge is 0.393 e. The molecule has 1 aliphatic rings. The molecular formula is C12H16BrNO. The van der Waals surface area contributed by atoms with Crippen molar-refractivity contribution >= 4 is 15.9 Å². The minimum atomic E-state index is -0.167. The SMILES string of the molecule is NC1(CCc2ccc(Br)cc2)CC(O)C1. The van der Waals surface area contributed by atoms with Gasteiger partial charge >= 0.3 is 0 Å². The first kappa shape index (κ1) is 11.1.